The summed E-state index contributed by atoms with van der Waals surface area (Å²) >= 11 is 3.48. The zero-order valence-corrected chi connectivity index (χ0v) is 17.2. The molecule has 1 aromatic heterocycles. The average Bonchev–Trinajstić information content (AvgIpc) is 2.84. The molecule has 1 amide bonds. The van der Waals surface area contributed by atoms with E-state index < -0.39 is 0 Å². The molecular formula is C18H22BrCl2N3O. The second-order valence-electron chi connectivity index (χ2n) is 6.65. The number of hydrogen-bond donors (Lipinski definition) is 1. The molecule has 4 nitrogen and oxygen atoms in total. The molecule has 1 aromatic carbocycles. The van der Waals surface area contributed by atoms with E-state index in [0.717, 1.165) is 46.1 Å². The first-order chi connectivity index (χ1) is 11.1. The highest BCUT2D eigenvalue weighted by Crippen LogP contribution is 2.26. The van der Waals surface area contributed by atoms with E-state index in [1.54, 1.807) is 0 Å². The minimum absolute atomic E-state index is 0. The molecule has 2 aromatic rings. The number of halogens is 3. The molecule has 0 spiro atoms. The molecule has 1 N–H and O–H groups in total. The number of amides is 1. The van der Waals surface area contributed by atoms with Crippen LogP contribution in [0, 0.1) is 6.92 Å². The summed E-state index contributed by atoms with van der Waals surface area (Å²) in [6.07, 6.45) is 3.48. The van der Waals surface area contributed by atoms with Gasteiger partial charge in [0.25, 0.3) is 5.91 Å². The minimum atomic E-state index is 0. The predicted octanol–water partition coefficient (Wildman–Crippen LogP) is 4.12. The lowest BCUT2D eigenvalue weighted by Gasteiger charge is -2.25. The van der Waals surface area contributed by atoms with Crippen LogP contribution in [0.15, 0.2) is 28.7 Å². The number of rotatable bonds is 1. The number of pyridine rings is 1. The lowest BCUT2D eigenvalue weighted by atomic mass is 10.0. The maximum Gasteiger partial charge on any atom is 0.254 e. The number of hydrogen-bond acceptors (Lipinski definition) is 3. The topological polar surface area (TPSA) is 45.2 Å². The molecule has 2 bridgehead atoms. The third-order valence-electron chi connectivity index (χ3n) is 4.94. The lowest BCUT2D eigenvalue weighted by Crippen LogP contribution is -2.39. The fourth-order valence-corrected chi connectivity index (χ4v) is 4.16. The van der Waals surface area contributed by atoms with Gasteiger partial charge in [-0.05, 0) is 44.4 Å². The number of aryl methyl sites for hydroxylation is 1. The number of carbonyl (C=O) groups excluding carboxylic acids is 1. The number of nitrogens with zero attached hydrogens (tertiary/aromatic N) is 2. The van der Waals surface area contributed by atoms with Crippen LogP contribution in [0.4, 0.5) is 0 Å². The second kappa shape index (κ2) is 8.21. The first kappa shape index (κ1) is 20.4. The number of nitrogens with one attached hydrogen (secondary N) is 1. The summed E-state index contributed by atoms with van der Waals surface area (Å²) in [7, 11) is 0. The van der Waals surface area contributed by atoms with Crippen molar-refractivity contribution in [2.24, 2.45) is 0 Å². The van der Waals surface area contributed by atoms with Crippen LogP contribution >= 0.6 is 40.7 Å². The Morgan fingerprint density at radius 2 is 1.96 bits per heavy atom. The maximum atomic E-state index is 13.1. The summed E-state index contributed by atoms with van der Waals surface area (Å²) in [5, 5.41) is 4.57. The van der Waals surface area contributed by atoms with Gasteiger partial charge in [-0.3, -0.25) is 9.78 Å². The Morgan fingerprint density at radius 3 is 2.76 bits per heavy atom. The highest BCUT2D eigenvalue weighted by Gasteiger charge is 2.31. The van der Waals surface area contributed by atoms with Gasteiger partial charge in [-0.2, -0.15) is 0 Å². The molecule has 2 aliphatic rings. The molecule has 136 valence electrons. The number of carbonyl (C=O) groups is 1. The Hall–Kier alpha value is -0.880. The summed E-state index contributed by atoms with van der Waals surface area (Å²) in [5.74, 6) is 0.136. The predicted molar refractivity (Wildman–Crippen MR) is 109 cm³/mol. The van der Waals surface area contributed by atoms with E-state index in [4.69, 9.17) is 0 Å². The van der Waals surface area contributed by atoms with Crippen molar-refractivity contribution in [1.82, 2.24) is 15.2 Å². The van der Waals surface area contributed by atoms with Crippen molar-refractivity contribution < 1.29 is 4.79 Å². The van der Waals surface area contributed by atoms with Gasteiger partial charge in [0.2, 0.25) is 0 Å². The van der Waals surface area contributed by atoms with Gasteiger partial charge in [0.15, 0.2) is 0 Å². The van der Waals surface area contributed by atoms with E-state index in [2.05, 4.69) is 26.2 Å². The van der Waals surface area contributed by atoms with Crippen molar-refractivity contribution in [3.63, 3.8) is 0 Å². The summed E-state index contributed by atoms with van der Waals surface area (Å²) in [5.41, 5.74) is 2.53. The maximum absolute atomic E-state index is 13.1. The van der Waals surface area contributed by atoms with Crippen LogP contribution in [0.1, 0.15) is 35.3 Å². The van der Waals surface area contributed by atoms with E-state index in [9.17, 15) is 4.79 Å². The van der Waals surface area contributed by atoms with Gasteiger partial charge >= 0.3 is 0 Å². The highest BCUT2D eigenvalue weighted by atomic mass is 79.9. The zero-order valence-electron chi connectivity index (χ0n) is 14.0. The van der Waals surface area contributed by atoms with E-state index in [-0.39, 0.29) is 30.7 Å². The van der Waals surface area contributed by atoms with Crippen LogP contribution in [0.25, 0.3) is 10.9 Å². The molecule has 0 aliphatic carbocycles. The van der Waals surface area contributed by atoms with E-state index in [0.29, 0.717) is 12.1 Å². The molecule has 25 heavy (non-hydrogen) atoms. The van der Waals surface area contributed by atoms with Crippen LogP contribution in [0.5, 0.6) is 0 Å². The second-order valence-corrected chi connectivity index (χ2v) is 7.57. The SMILES string of the molecule is Cc1cc(C(=O)N2CCC3CCC(C2)N3)c2ccc(Br)cc2n1.Cl.Cl. The molecular weight excluding hydrogens is 425 g/mol. The molecule has 4 rings (SSSR count). The Bertz CT molecular complexity index is 781. The summed E-state index contributed by atoms with van der Waals surface area (Å²) in [6, 6.07) is 8.91. The van der Waals surface area contributed by atoms with Crippen LogP contribution in [0.3, 0.4) is 0 Å². The Morgan fingerprint density at radius 1 is 1.20 bits per heavy atom. The van der Waals surface area contributed by atoms with Gasteiger partial charge in [0.1, 0.15) is 0 Å². The van der Waals surface area contributed by atoms with Gasteiger partial charge in [-0.25, -0.2) is 0 Å². The molecule has 0 radical (unpaired) electrons. The van der Waals surface area contributed by atoms with Crippen LogP contribution < -0.4 is 5.32 Å². The lowest BCUT2D eigenvalue weighted by molar-refractivity contribution is 0.0750. The van der Waals surface area contributed by atoms with E-state index in [1.807, 2.05) is 36.1 Å². The Labute approximate surface area is 168 Å². The first-order valence-corrected chi connectivity index (χ1v) is 9.02. The first-order valence-electron chi connectivity index (χ1n) is 8.22. The monoisotopic (exact) mass is 445 g/mol. The highest BCUT2D eigenvalue weighted by molar-refractivity contribution is 9.10. The Kier molecular flexibility index (Phi) is 6.71. The van der Waals surface area contributed by atoms with Gasteiger partial charge in [-0.1, -0.05) is 22.0 Å². The largest absolute Gasteiger partial charge is 0.337 e. The number of likely N-dealkylation sites (tertiary alicyclic amines) is 1. The van der Waals surface area contributed by atoms with Gasteiger partial charge in [0.05, 0.1) is 11.1 Å². The van der Waals surface area contributed by atoms with E-state index in [1.165, 1.54) is 12.8 Å². The molecule has 3 heterocycles. The third-order valence-corrected chi connectivity index (χ3v) is 5.43. The minimum Gasteiger partial charge on any atom is -0.337 e. The normalized spacial score (nSPS) is 22.1. The number of aromatic nitrogens is 1. The van der Waals surface area contributed by atoms with Gasteiger partial charge in [0, 0.05) is 40.7 Å². The molecule has 2 atom stereocenters. The van der Waals surface area contributed by atoms with Gasteiger partial charge in [-0.15, -0.1) is 24.8 Å². The van der Waals surface area contributed by atoms with Crippen molar-refractivity contribution in [2.45, 2.75) is 38.3 Å². The van der Waals surface area contributed by atoms with Crippen molar-refractivity contribution in [2.75, 3.05) is 13.1 Å². The summed E-state index contributed by atoms with van der Waals surface area (Å²) in [6.45, 7) is 3.60. The fraction of sp³-hybridized carbons (Fsp3) is 0.444. The molecule has 2 saturated heterocycles. The van der Waals surface area contributed by atoms with E-state index >= 15 is 0 Å². The van der Waals surface area contributed by atoms with Crippen LogP contribution in [-0.2, 0) is 0 Å². The van der Waals surface area contributed by atoms with Crippen molar-refractivity contribution in [3.8, 4) is 0 Å². The molecule has 2 fully saturated rings. The van der Waals surface area contributed by atoms with Crippen molar-refractivity contribution in [1.29, 1.82) is 0 Å². The molecule has 7 heteroatoms. The van der Waals surface area contributed by atoms with Crippen LogP contribution in [0.2, 0.25) is 0 Å². The number of benzene rings is 1. The molecule has 2 aliphatic heterocycles. The van der Waals surface area contributed by atoms with Crippen LogP contribution in [-0.4, -0.2) is 41.0 Å². The Balaban J connectivity index is 0.00000113. The standard InChI is InChI=1S/C18H20BrN3O.2ClH/c1-11-8-16(15-5-2-12(19)9-17(15)20-11)18(23)22-7-6-13-3-4-14(10-22)21-13;;/h2,5,8-9,13-14,21H,3-4,6-7,10H2,1H3;2*1H. The zero-order chi connectivity index (χ0) is 16.0. The van der Waals surface area contributed by atoms with Gasteiger partial charge < -0.3 is 10.2 Å². The quantitative estimate of drug-likeness (QED) is 0.716. The summed E-state index contributed by atoms with van der Waals surface area (Å²) in [4.78, 5) is 19.7. The molecule has 0 saturated carbocycles. The fourth-order valence-electron chi connectivity index (χ4n) is 3.81. The smallest absolute Gasteiger partial charge is 0.254 e. The van der Waals surface area contributed by atoms with Crippen molar-refractivity contribution >= 4 is 57.6 Å². The molecule has 2 unspecified atom stereocenters. The average molecular weight is 447 g/mol. The number of fused-ring (bicyclic) bond motifs is 3. The summed E-state index contributed by atoms with van der Waals surface area (Å²) < 4.78 is 0.984. The third kappa shape index (κ3) is 4.11. The van der Waals surface area contributed by atoms with Crippen molar-refractivity contribution in [3.05, 3.63) is 40.0 Å².